The number of benzene rings is 1. The largest absolute Gasteiger partial charge is 0.383 e. The van der Waals surface area contributed by atoms with Crippen molar-refractivity contribution in [3.63, 3.8) is 0 Å². The van der Waals surface area contributed by atoms with Crippen LogP contribution in [0.1, 0.15) is 42.5 Å². The molecule has 2 aromatic rings. The molecule has 5 heteroatoms. The van der Waals surface area contributed by atoms with Crippen molar-refractivity contribution in [2.24, 2.45) is 0 Å². The quantitative estimate of drug-likeness (QED) is 0.775. The third kappa shape index (κ3) is 3.15. The summed E-state index contributed by atoms with van der Waals surface area (Å²) in [5.74, 6) is 0.285. The molecule has 1 aliphatic carbocycles. The van der Waals surface area contributed by atoms with Crippen molar-refractivity contribution in [1.29, 1.82) is 5.26 Å². The maximum absolute atomic E-state index is 9.59. The number of nitriles is 1. The highest BCUT2D eigenvalue weighted by molar-refractivity contribution is 6.36. The van der Waals surface area contributed by atoms with E-state index in [-0.39, 0.29) is 5.82 Å². The first-order valence-corrected chi connectivity index (χ1v) is 8.54. The molecule has 3 nitrogen and oxygen atoms in total. The van der Waals surface area contributed by atoms with Crippen LogP contribution in [-0.2, 0) is 12.8 Å². The maximum Gasteiger partial charge on any atom is 0.142 e. The fourth-order valence-electron chi connectivity index (χ4n) is 3.22. The zero-order valence-corrected chi connectivity index (χ0v) is 14.2. The molecule has 0 bridgehead atoms. The van der Waals surface area contributed by atoms with E-state index in [2.05, 4.69) is 11.1 Å². The van der Waals surface area contributed by atoms with E-state index >= 15 is 0 Å². The molecule has 118 valence electrons. The molecular formula is C18H17Cl2N3. The average molecular weight is 346 g/mol. The van der Waals surface area contributed by atoms with Gasteiger partial charge in [0, 0.05) is 26.9 Å². The van der Waals surface area contributed by atoms with Crippen molar-refractivity contribution in [1.82, 2.24) is 4.98 Å². The van der Waals surface area contributed by atoms with Gasteiger partial charge in [0.15, 0.2) is 0 Å². The third-order valence-corrected chi connectivity index (χ3v) is 4.86. The first-order chi connectivity index (χ1) is 11.1. The van der Waals surface area contributed by atoms with E-state index in [1.165, 1.54) is 12.8 Å². The number of hydrogen-bond donors (Lipinski definition) is 1. The number of fused-ring (bicyclic) bond motifs is 1. The van der Waals surface area contributed by atoms with Crippen LogP contribution in [0.3, 0.4) is 0 Å². The van der Waals surface area contributed by atoms with Gasteiger partial charge in [-0.1, -0.05) is 42.1 Å². The summed E-state index contributed by atoms with van der Waals surface area (Å²) in [5, 5.41) is 10.7. The van der Waals surface area contributed by atoms with Crippen LogP contribution in [0, 0.1) is 11.3 Å². The summed E-state index contributed by atoms with van der Waals surface area (Å²) < 4.78 is 0. The number of nitrogens with zero attached hydrogens (tertiary/aromatic N) is 2. The average Bonchev–Trinajstić information content (AvgIpc) is 2.48. The predicted octanol–water partition coefficient (Wildman–Crippen LogP) is 5.17. The lowest BCUT2D eigenvalue weighted by Crippen LogP contribution is -2.10. The molecule has 1 aromatic heterocycles. The van der Waals surface area contributed by atoms with E-state index in [4.69, 9.17) is 28.9 Å². The van der Waals surface area contributed by atoms with Crippen LogP contribution in [0.25, 0.3) is 11.1 Å². The molecule has 1 aromatic carbocycles. The summed E-state index contributed by atoms with van der Waals surface area (Å²) in [4.78, 5) is 4.51. The molecule has 1 aliphatic rings. The lowest BCUT2D eigenvalue weighted by molar-refractivity contribution is 0.610. The minimum Gasteiger partial charge on any atom is -0.383 e. The molecule has 3 rings (SSSR count). The summed E-state index contributed by atoms with van der Waals surface area (Å²) in [6, 6.07) is 7.56. The number of nitrogens with two attached hydrogens (primary N) is 1. The lowest BCUT2D eigenvalue weighted by atomic mass is 9.88. The number of rotatable bonds is 1. The van der Waals surface area contributed by atoms with Crippen LogP contribution in [-0.4, -0.2) is 4.98 Å². The second-order valence-electron chi connectivity index (χ2n) is 5.82. The Morgan fingerprint density at radius 3 is 2.52 bits per heavy atom. The number of aryl methyl sites for hydroxylation is 1. The first-order valence-electron chi connectivity index (χ1n) is 7.78. The van der Waals surface area contributed by atoms with Crippen molar-refractivity contribution in [2.45, 2.75) is 38.5 Å². The topological polar surface area (TPSA) is 62.7 Å². The fraction of sp³-hybridized carbons (Fsp3) is 0.333. The van der Waals surface area contributed by atoms with Gasteiger partial charge in [0.1, 0.15) is 17.5 Å². The Labute approximate surface area is 146 Å². The van der Waals surface area contributed by atoms with Crippen LogP contribution in [0.15, 0.2) is 18.2 Å². The van der Waals surface area contributed by atoms with Gasteiger partial charge in [-0.15, -0.1) is 0 Å². The Hall–Kier alpha value is -1.76. The third-order valence-electron chi connectivity index (χ3n) is 4.31. The molecule has 0 saturated heterocycles. The molecule has 0 fully saturated rings. The Kier molecular flexibility index (Phi) is 4.75. The minimum absolute atomic E-state index is 0.285. The highest BCUT2D eigenvalue weighted by atomic mass is 35.5. The van der Waals surface area contributed by atoms with Gasteiger partial charge in [-0.3, -0.25) is 0 Å². The second kappa shape index (κ2) is 6.78. The Bertz CT molecular complexity index is 794. The molecule has 0 radical (unpaired) electrons. The van der Waals surface area contributed by atoms with E-state index in [0.29, 0.717) is 15.6 Å². The monoisotopic (exact) mass is 345 g/mol. The molecule has 0 saturated carbocycles. The Morgan fingerprint density at radius 2 is 1.83 bits per heavy atom. The number of nitrogen functional groups attached to an aromatic ring is 1. The first kappa shape index (κ1) is 16.1. The van der Waals surface area contributed by atoms with E-state index in [1.807, 2.05) is 6.07 Å². The molecule has 23 heavy (non-hydrogen) atoms. The molecule has 0 atom stereocenters. The van der Waals surface area contributed by atoms with Crippen molar-refractivity contribution in [2.75, 3.05) is 5.73 Å². The fourth-order valence-corrected chi connectivity index (χ4v) is 3.72. The number of halogens is 2. The zero-order valence-electron chi connectivity index (χ0n) is 12.7. The van der Waals surface area contributed by atoms with Gasteiger partial charge < -0.3 is 5.73 Å². The Morgan fingerprint density at radius 1 is 1.09 bits per heavy atom. The SMILES string of the molecule is N#Cc1c(N)nc2c(c1-c1ccc(Cl)cc1Cl)CCCCCC2. The minimum atomic E-state index is 0.285. The Balaban J connectivity index is 2.30. The number of pyridine rings is 1. The summed E-state index contributed by atoms with van der Waals surface area (Å²) in [6.07, 6.45) is 6.37. The van der Waals surface area contributed by atoms with Crippen molar-refractivity contribution >= 4 is 29.0 Å². The van der Waals surface area contributed by atoms with E-state index in [1.54, 1.807) is 12.1 Å². The zero-order chi connectivity index (χ0) is 16.4. The molecule has 0 amide bonds. The summed E-state index contributed by atoms with van der Waals surface area (Å²) in [5.41, 5.74) is 10.2. The van der Waals surface area contributed by atoms with Gasteiger partial charge in [-0.05, 0) is 43.4 Å². The number of anilines is 1. The van der Waals surface area contributed by atoms with Gasteiger partial charge >= 0.3 is 0 Å². The van der Waals surface area contributed by atoms with Crippen LogP contribution < -0.4 is 5.73 Å². The van der Waals surface area contributed by atoms with Crippen molar-refractivity contribution in [3.05, 3.63) is 45.1 Å². The van der Waals surface area contributed by atoms with Crippen LogP contribution in [0.2, 0.25) is 10.0 Å². The van der Waals surface area contributed by atoms with Gasteiger partial charge in [0.25, 0.3) is 0 Å². The van der Waals surface area contributed by atoms with Crippen LogP contribution in [0.4, 0.5) is 5.82 Å². The van der Waals surface area contributed by atoms with Gasteiger partial charge in [-0.2, -0.15) is 5.26 Å². The van der Waals surface area contributed by atoms with E-state index < -0.39 is 0 Å². The maximum atomic E-state index is 9.59. The second-order valence-corrected chi connectivity index (χ2v) is 6.67. The normalized spacial score (nSPS) is 14.5. The molecule has 0 aliphatic heterocycles. The summed E-state index contributed by atoms with van der Waals surface area (Å²) in [7, 11) is 0. The number of aromatic nitrogens is 1. The van der Waals surface area contributed by atoms with E-state index in [0.717, 1.165) is 48.1 Å². The van der Waals surface area contributed by atoms with Crippen molar-refractivity contribution < 1.29 is 0 Å². The van der Waals surface area contributed by atoms with Crippen LogP contribution >= 0.6 is 23.2 Å². The molecule has 1 heterocycles. The van der Waals surface area contributed by atoms with Crippen LogP contribution in [0.5, 0.6) is 0 Å². The van der Waals surface area contributed by atoms with Crippen molar-refractivity contribution in [3.8, 4) is 17.2 Å². The number of hydrogen-bond acceptors (Lipinski definition) is 3. The van der Waals surface area contributed by atoms with E-state index in [9.17, 15) is 5.26 Å². The molecule has 0 spiro atoms. The highest BCUT2D eigenvalue weighted by Crippen LogP contribution is 2.39. The van der Waals surface area contributed by atoms with Gasteiger partial charge in [-0.25, -0.2) is 4.98 Å². The lowest BCUT2D eigenvalue weighted by Gasteiger charge is -2.20. The molecule has 0 unspecified atom stereocenters. The van der Waals surface area contributed by atoms with Gasteiger partial charge in [0.2, 0.25) is 0 Å². The standard InChI is InChI=1S/C18H17Cl2N3/c19-11-7-8-12(15(20)9-11)17-13-5-3-1-2-4-6-16(13)23-18(22)14(17)10-21/h7-9H,1-6H2,(H2,22,23). The smallest absolute Gasteiger partial charge is 0.142 e. The molecular weight excluding hydrogens is 329 g/mol. The predicted molar refractivity (Wildman–Crippen MR) is 94.7 cm³/mol. The summed E-state index contributed by atoms with van der Waals surface area (Å²) in [6.45, 7) is 0. The van der Waals surface area contributed by atoms with Gasteiger partial charge in [0.05, 0.1) is 0 Å². The highest BCUT2D eigenvalue weighted by Gasteiger charge is 2.22. The summed E-state index contributed by atoms with van der Waals surface area (Å²) >= 11 is 12.4. The molecule has 2 N–H and O–H groups in total.